The van der Waals surface area contributed by atoms with Crippen molar-refractivity contribution in [1.29, 1.82) is 0 Å². The molecule has 0 saturated heterocycles. The van der Waals surface area contributed by atoms with Gasteiger partial charge in [-0.2, -0.15) is 13.2 Å². The first-order valence-electron chi connectivity index (χ1n) is 5.21. The summed E-state index contributed by atoms with van der Waals surface area (Å²) in [7, 11) is 0. The lowest BCUT2D eigenvalue weighted by molar-refractivity contribution is -0.139. The Hall–Kier alpha value is -1.52. The number of carbonyl (C=O) groups is 1. The molecule has 0 aliphatic heterocycles. The monoisotopic (exact) mass is 246 g/mol. The van der Waals surface area contributed by atoms with Crippen LogP contribution < -0.4 is 0 Å². The lowest BCUT2D eigenvalue weighted by Crippen LogP contribution is -2.18. The molecule has 1 rings (SSSR count). The number of hydrogen-bond acceptors (Lipinski definition) is 2. The Kier molecular flexibility index (Phi) is 4.54. The third kappa shape index (κ3) is 5.38. The van der Waals surface area contributed by atoms with E-state index in [9.17, 15) is 18.0 Å². The molecule has 0 aromatic heterocycles. The minimum absolute atomic E-state index is 0.220. The molecule has 0 bridgehead atoms. The molecule has 0 aliphatic rings. The van der Waals surface area contributed by atoms with Crippen LogP contribution >= 0.6 is 0 Å². The highest BCUT2D eigenvalue weighted by molar-refractivity contribution is 5.89. The number of esters is 1. The summed E-state index contributed by atoms with van der Waals surface area (Å²) in [6.07, 6.45) is -6.13. The molecule has 1 aromatic rings. The molecule has 0 spiro atoms. The van der Waals surface area contributed by atoms with E-state index in [0.29, 0.717) is 5.56 Å². The topological polar surface area (TPSA) is 26.3 Å². The van der Waals surface area contributed by atoms with E-state index < -0.39 is 24.7 Å². The fourth-order valence-electron chi connectivity index (χ4n) is 1.25. The van der Waals surface area contributed by atoms with Gasteiger partial charge in [0.2, 0.25) is 0 Å². The van der Waals surface area contributed by atoms with Gasteiger partial charge in [0.1, 0.15) is 0 Å². The van der Waals surface area contributed by atoms with Crippen molar-refractivity contribution in [2.24, 2.45) is 0 Å². The van der Waals surface area contributed by atoms with Crippen LogP contribution in [0.15, 0.2) is 30.3 Å². The highest BCUT2D eigenvalue weighted by Crippen LogP contribution is 2.23. The summed E-state index contributed by atoms with van der Waals surface area (Å²) in [5, 5.41) is 0. The van der Waals surface area contributed by atoms with Crippen LogP contribution in [0.5, 0.6) is 0 Å². The van der Waals surface area contributed by atoms with Gasteiger partial charge in [0, 0.05) is 6.42 Å². The van der Waals surface area contributed by atoms with E-state index in [1.807, 2.05) is 0 Å². The van der Waals surface area contributed by atoms with Gasteiger partial charge in [-0.3, -0.25) is 0 Å². The lowest BCUT2D eigenvalue weighted by atomic mass is 10.2. The average molecular weight is 246 g/mol. The number of halogens is 3. The molecule has 5 heteroatoms. The maximum Gasteiger partial charge on any atom is 0.389 e. The van der Waals surface area contributed by atoms with Gasteiger partial charge in [-0.1, -0.05) is 18.2 Å². The number of benzene rings is 1. The molecular formula is C12H13F3O2. The number of rotatable bonds is 4. The zero-order valence-electron chi connectivity index (χ0n) is 9.33. The van der Waals surface area contributed by atoms with Gasteiger partial charge < -0.3 is 4.74 Å². The first-order valence-corrected chi connectivity index (χ1v) is 5.21. The fraction of sp³-hybridized carbons (Fsp3) is 0.417. The van der Waals surface area contributed by atoms with Crippen molar-refractivity contribution >= 4 is 5.97 Å². The highest BCUT2D eigenvalue weighted by atomic mass is 19.4. The van der Waals surface area contributed by atoms with Crippen molar-refractivity contribution in [3.8, 4) is 0 Å². The van der Waals surface area contributed by atoms with E-state index in [4.69, 9.17) is 4.74 Å². The molecular weight excluding hydrogens is 233 g/mol. The molecule has 0 N–H and O–H groups in total. The molecule has 1 aromatic carbocycles. The largest absolute Gasteiger partial charge is 0.459 e. The second-order valence-corrected chi connectivity index (χ2v) is 3.74. The molecule has 0 saturated carbocycles. The standard InChI is InChI=1S/C12H13F3O2/c1-9(7-8-12(13,14)15)17-11(16)10-5-3-2-4-6-10/h2-6,9H,7-8H2,1H3. The van der Waals surface area contributed by atoms with Crippen molar-refractivity contribution in [3.05, 3.63) is 35.9 Å². The Morgan fingerprint density at radius 2 is 1.88 bits per heavy atom. The minimum atomic E-state index is -4.21. The number of ether oxygens (including phenoxy) is 1. The maximum atomic E-state index is 11.9. The Labute approximate surface area is 97.4 Å². The van der Waals surface area contributed by atoms with Crippen molar-refractivity contribution in [2.45, 2.75) is 32.0 Å². The van der Waals surface area contributed by atoms with Crippen molar-refractivity contribution in [3.63, 3.8) is 0 Å². The van der Waals surface area contributed by atoms with Crippen LogP contribution in [0.2, 0.25) is 0 Å². The van der Waals surface area contributed by atoms with E-state index >= 15 is 0 Å². The third-order valence-electron chi connectivity index (χ3n) is 2.15. The van der Waals surface area contributed by atoms with Crippen molar-refractivity contribution in [1.82, 2.24) is 0 Å². The van der Waals surface area contributed by atoms with E-state index in [-0.39, 0.29) is 6.42 Å². The second kappa shape index (κ2) is 5.70. The lowest BCUT2D eigenvalue weighted by Gasteiger charge is -2.14. The summed E-state index contributed by atoms with van der Waals surface area (Å²) in [5.74, 6) is -0.597. The molecule has 0 amide bonds. The van der Waals surface area contributed by atoms with E-state index in [0.717, 1.165) is 0 Å². The van der Waals surface area contributed by atoms with Crippen LogP contribution in [0, 0.1) is 0 Å². The summed E-state index contributed by atoms with van der Waals surface area (Å²) in [5.41, 5.74) is 0.339. The van der Waals surface area contributed by atoms with Gasteiger partial charge in [0.05, 0.1) is 11.7 Å². The highest BCUT2D eigenvalue weighted by Gasteiger charge is 2.28. The Morgan fingerprint density at radius 3 is 2.41 bits per heavy atom. The molecule has 2 nitrogen and oxygen atoms in total. The number of alkyl halides is 3. The van der Waals surface area contributed by atoms with E-state index in [1.54, 1.807) is 30.3 Å². The molecule has 17 heavy (non-hydrogen) atoms. The molecule has 1 atom stereocenters. The predicted octanol–water partition coefficient (Wildman–Crippen LogP) is 3.57. The summed E-state index contributed by atoms with van der Waals surface area (Å²) >= 11 is 0. The smallest absolute Gasteiger partial charge is 0.389 e. The molecule has 0 fully saturated rings. The maximum absolute atomic E-state index is 11.9. The first-order chi connectivity index (χ1) is 7.88. The molecule has 0 radical (unpaired) electrons. The van der Waals surface area contributed by atoms with Gasteiger partial charge in [-0.05, 0) is 25.5 Å². The van der Waals surface area contributed by atoms with Crippen LogP contribution in [0.3, 0.4) is 0 Å². The van der Waals surface area contributed by atoms with E-state index in [2.05, 4.69) is 0 Å². The fourth-order valence-corrected chi connectivity index (χ4v) is 1.25. The average Bonchev–Trinajstić information content (AvgIpc) is 2.27. The Morgan fingerprint density at radius 1 is 1.29 bits per heavy atom. The van der Waals surface area contributed by atoms with Gasteiger partial charge >= 0.3 is 12.1 Å². The summed E-state index contributed by atoms with van der Waals surface area (Å²) < 4.78 is 40.7. The Bertz CT molecular complexity index is 360. The molecule has 0 aliphatic carbocycles. The van der Waals surface area contributed by atoms with Crippen LogP contribution in [-0.2, 0) is 4.74 Å². The number of carbonyl (C=O) groups excluding carboxylic acids is 1. The predicted molar refractivity (Wildman–Crippen MR) is 56.6 cm³/mol. The first kappa shape index (κ1) is 13.5. The Balaban J connectivity index is 2.42. The molecule has 94 valence electrons. The van der Waals surface area contributed by atoms with Crippen LogP contribution in [0.25, 0.3) is 0 Å². The second-order valence-electron chi connectivity index (χ2n) is 3.74. The van der Waals surface area contributed by atoms with Gasteiger partial charge in [-0.25, -0.2) is 4.79 Å². The quantitative estimate of drug-likeness (QED) is 0.759. The van der Waals surface area contributed by atoms with E-state index in [1.165, 1.54) is 6.92 Å². The zero-order valence-corrected chi connectivity index (χ0v) is 9.33. The SMILES string of the molecule is CC(CCC(F)(F)F)OC(=O)c1ccccc1. The normalized spacial score (nSPS) is 13.2. The number of hydrogen-bond donors (Lipinski definition) is 0. The van der Waals surface area contributed by atoms with Gasteiger partial charge in [0.25, 0.3) is 0 Å². The van der Waals surface area contributed by atoms with Gasteiger partial charge in [0.15, 0.2) is 0 Å². The zero-order chi connectivity index (χ0) is 12.9. The molecule has 1 unspecified atom stereocenters. The van der Waals surface area contributed by atoms with Crippen LogP contribution in [0.4, 0.5) is 13.2 Å². The van der Waals surface area contributed by atoms with Crippen molar-refractivity contribution in [2.75, 3.05) is 0 Å². The summed E-state index contributed by atoms with van der Waals surface area (Å²) in [6.45, 7) is 1.45. The van der Waals surface area contributed by atoms with Gasteiger partial charge in [-0.15, -0.1) is 0 Å². The van der Waals surface area contributed by atoms with Crippen LogP contribution in [-0.4, -0.2) is 18.2 Å². The summed E-state index contributed by atoms with van der Waals surface area (Å²) in [4.78, 5) is 11.5. The third-order valence-corrected chi connectivity index (χ3v) is 2.15. The van der Waals surface area contributed by atoms with Crippen LogP contribution in [0.1, 0.15) is 30.1 Å². The van der Waals surface area contributed by atoms with Crippen molar-refractivity contribution < 1.29 is 22.7 Å². The molecule has 0 heterocycles. The summed E-state index contributed by atoms with van der Waals surface area (Å²) in [6, 6.07) is 8.18. The minimum Gasteiger partial charge on any atom is -0.459 e.